The molecule has 0 saturated carbocycles. The molecule has 0 unspecified atom stereocenters. The maximum Gasteiger partial charge on any atom is 0.294 e. The van der Waals surface area contributed by atoms with Crippen molar-refractivity contribution in [1.82, 2.24) is 0 Å². The number of hydrogen-bond donors (Lipinski definition) is 1. The summed E-state index contributed by atoms with van der Waals surface area (Å²) in [5.41, 5.74) is 3.68. The molecule has 2 aromatic rings. The second-order valence-electron chi connectivity index (χ2n) is 4.29. The van der Waals surface area contributed by atoms with Crippen molar-refractivity contribution in [2.75, 3.05) is 19.6 Å². The molecular weight excluding hydrogens is 286 g/mol. The summed E-state index contributed by atoms with van der Waals surface area (Å²) < 4.78 is 10.3. The Balaban J connectivity index is 2.18. The van der Waals surface area contributed by atoms with Crippen LogP contribution in [0.4, 0.5) is 11.4 Å². The number of nitro groups is 1. The maximum absolute atomic E-state index is 10.9. The average Bonchev–Trinajstić information content (AvgIpc) is 2.54. The molecule has 2 aromatic carbocycles. The van der Waals surface area contributed by atoms with Crippen molar-refractivity contribution >= 4 is 17.6 Å². The van der Waals surface area contributed by atoms with Gasteiger partial charge in [0.2, 0.25) is 0 Å². The lowest BCUT2D eigenvalue weighted by Gasteiger charge is -2.05. The summed E-state index contributed by atoms with van der Waals surface area (Å²) in [4.78, 5) is 10.4. The van der Waals surface area contributed by atoms with Crippen LogP contribution in [0.1, 0.15) is 5.56 Å². The van der Waals surface area contributed by atoms with E-state index in [-0.39, 0.29) is 5.69 Å². The second kappa shape index (κ2) is 7.07. The summed E-state index contributed by atoms with van der Waals surface area (Å²) in [5, 5.41) is 14.9. The van der Waals surface area contributed by atoms with Crippen LogP contribution in [0.15, 0.2) is 47.6 Å². The second-order valence-corrected chi connectivity index (χ2v) is 4.29. The van der Waals surface area contributed by atoms with Crippen LogP contribution in [-0.4, -0.2) is 25.4 Å². The van der Waals surface area contributed by atoms with E-state index in [1.807, 2.05) is 0 Å². The van der Waals surface area contributed by atoms with E-state index in [1.54, 1.807) is 50.6 Å². The van der Waals surface area contributed by atoms with Gasteiger partial charge in [0.05, 0.1) is 25.4 Å². The van der Waals surface area contributed by atoms with E-state index in [2.05, 4.69) is 10.5 Å². The number of rotatable bonds is 6. The predicted molar refractivity (Wildman–Crippen MR) is 83.9 cm³/mol. The molecule has 1 N–H and O–H groups in total. The van der Waals surface area contributed by atoms with Crippen molar-refractivity contribution in [1.29, 1.82) is 0 Å². The smallest absolute Gasteiger partial charge is 0.294 e. The Bertz CT molecular complexity index is 679. The van der Waals surface area contributed by atoms with Gasteiger partial charge in [-0.25, -0.2) is 0 Å². The minimum absolute atomic E-state index is 0.0390. The fraction of sp³-hybridized carbons (Fsp3) is 0.133. The molecule has 0 heterocycles. The molecule has 22 heavy (non-hydrogen) atoms. The third kappa shape index (κ3) is 3.72. The topological polar surface area (TPSA) is 86.0 Å². The molecule has 0 aliphatic carbocycles. The number of para-hydroxylation sites is 2. The van der Waals surface area contributed by atoms with E-state index in [0.29, 0.717) is 17.2 Å². The Morgan fingerprint density at radius 3 is 2.36 bits per heavy atom. The monoisotopic (exact) mass is 301 g/mol. The van der Waals surface area contributed by atoms with Gasteiger partial charge in [0.25, 0.3) is 5.69 Å². The van der Waals surface area contributed by atoms with Gasteiger partial charge < -0.3 is 9.47 Å². The van der Waals surface area contributed by atoms with Crippen molar-refractivity contribution < 1.29 is 14.4 Å². The fourth-order valence-corrected chi connectivity index (χ4v) is 1.81. The first kappa shape index (κ1) is 15.3. The number of anilines is 1. The molecule has 7 nitrogen and oxygen atoms in total. The van der Waals surface area contributed by atoms with Crippen LogP contribution in [0.2, 0.25) is 0 Å². The average molecular weight is 301 g/mol. The molecule has 0 saturated heterocycles. The molecule has 0 aliphatic heterocycles. The number of hydrogen-bond acceptors (Lipinski definition) is 6. The van der Waals surface area contributed by atoms with E-state index in [0.717, 1.165) is 5.56 Å². The summed E-state index contributed by atoms with van der Waals surface area (Å²) in [6.45, 7) is 0. The molecule has 0 radical (unpaired) electrons. The summed E-state index contributed by atoms with van der Waals surface area (Å²) >= 11 is 0. The van der Waals surface area contributed by atoms with Gasteiger partial charge in [0, 0.05) is 17.7 Å². The van der Waals surface area contributed by atoms with E-state index in [1.165, 1.54) is 12.3 Å². The quantitative estimate of drug-likeness (QED) is 0.503. The highest BCUT2D eigenvalue weighted by Gasteiger charge is 2.10. The summed E-state index contributed by atoms with van der Waals surface area (Å²) in [6.07, 6.45) is 1.53. The first-order valence-corrected chi connectivity index (χ1v) is 6.39. The molecule has 0 aromatic heterocycles. The molecular formula is C15H15N3O4. The highest BCUT2D eigenvalue weighted by atomic mass is 16.6. The van der Waals surface area contributed by atoms with Gasteiger partial charge in [-0.05, 0) is 18.2 Å². The lowest BCUT2D eigenvalue weighted by Crippen LogP contribution is -1.97. The van der Waals surface area contributed by atoms with Crippen molar-refractivity contribution in [3.8, 4) is 11.5 Å². The molecule has 7 heteroatoms. The minimum Gasteiger partial charge on any atom is -0.497 e. The molecule has 2 rings (SSSR count). The van der Waals surface area contributed by atoms with Crippen LogP contribution in [0.25, 0.3) is 0 Å². The van der Waals surface area contributed by atoms with E-state index >= 15 is 0 Å². The highest BCUT2D eigenvalue weighted by Crippen LogP contribution is 2.24. The Morgan fingerprint density at radius 1 is 1.14 bits per heavy atom. The molecule has 0 atom stereocenters. The number of nitro benzene ring substituents is 1. The Labute approximate surface area is 127 Å². The van der Waals surface area contributed by atoms with Crippen LogP contribution >= 0.6 is 0 Å². The Kier molecular flexibility index (Phi) is 4.92. The standard InChI is InChI=1S/C15H15N3O4/c1-21-12-7-11(8-13(9-12)22-2)10-16-17-14-5-3-4-6-15(14)18(19)20/h3-10,17H,1-2H3. The van der Waals surface area contributed by atoms with Crippen molar-refractivity contribution in [3.63, 3.8) is 0 Å². The molecule has 0 aliphatic rings. The molecule has 0 bridgehead atoms. The summed E-state index contributed by atoms with van der Waals surface area (Å²) in [6, 6.07) is 11.6. The van der Waals surface area contributed by atoms with Crippen LogP contribution in [0.5, 0.6) is 11.5 Å². The van der Waals surface area contributed by atoms with E-state index in [4.69, 9.17) is 9.47 Å². The van der Waals surface area contributed by atoms with Gasteiger partial charge in [0.1, 0.15) is 17.2 Å². The van der Waals surface area contributed by atoms with Gasteiger partial charge in [-0.3, -0.25) is 15.5 Å². The summed E-state index contributed by atoms with van der Waals surface area (Å²) in [5.74, 6) is 1.26. The number of benzene rings is 2. The van der Waals surface area contributed by atoms with Gasteiger partial charge in [-0.1, -0.05) is 12.1 Å². The zero-order valence-corrected chi connectivity index (χ0v) is 12.1. The number of methoxy groups -OCH3 is 2. The normalized spacial score (nSPS) is 10.5. The van der Waals surface area contributed by atoms with Crippen LogP contribution in [0.3, 0.4) is 0 Å². The molecule has 0 fully saturated rings. The van der Waals surface area contributed by atoms with Crippen LogP contribution in [-0.2, 0) is 0 Å². The SMILES string of the molecule is COc1cc(C=NNc2ccccc2[N+](=O)[O-])cc(OC)c1. The molecule has 0 amide bonds. The van der Waals surface area contributed by atoms with Gasteiger partial charge in [-0.15, -0.1) is 0 Å². The van der Waals surface area contributed by atoms with Crippen LogP contribution < -0.4 is 14.9 Å². The van der Waals surface area contributed by atoms with Gasteiger partial charge >= 0.3 is 0 Å². The van der Waals surface area contributed by atoms with E-state index in [9.17, 15) is 10.1 Å². The van der Waals surface area contributed by atoms with Crippen molar-refractivity contribution in [2.45, 2.75) is 0 Å². The molecule has 114 valence electrons. The fourth-order valence-electron chi connectivity index (χ4n) is 1.81. The maximum atomic E-state index is 10.9. The number of nitrogens with zero attached hydrogens (tertiary/aromatic N) is 2. The third-order valence-electron chi connectivity index (χ3n) is 2.87. The largest absolute Gasteiger partial charge is 0.497 e. The Hall–Kier alpha value is -3.09. The van der Waals surface area contributed by atoms with Gasteiger partial charge in [0.15, 0.2) is 0 Å². The zero-order valence-electron chi connectivity index (χ0n) is 12.1. The zero-order chi connectivity index (χ0) is 15.9. The van der Waals surface area contributed by atoms with Gasteiger partial charge in [-0.2, -0.15) is 5.10 Å². The minimum atomic E-state index is -0.466. The van der Waals surface area contributed by atoms with Crippen molar-refractivity contribution in [2.24, 2.45) is 5.10 Å². The summed E-state index contributed by atoms with van der Waals surface area (Å²) in [7, 11) is 3.11. The highest BCUT2D eigenvalue weighted by molar-refractivity contribution is 5.82. The number of nitrogens with one attached hydrogen (secondary N) is 1. The lowest BCUT2D eigenvalue weighted by molar-refractivity contribution is -0.384. The van der Waals surface area contributed by atoms with Crippen molar-refractivity contribution in [3.05, 3.63) is 58.1 Å². The van der Waals surface area contributed by atoms with E-state index < -0.39 is 4.92 Å². The number of ether oxygens (including phenoxy) is 2. The first-order chi connectivity index (χ1) is 10.6. The molecule has 0 spiro atoms. The Morgan fingerprint density at radius 2 is 1.77 bits per heavy atom. The lowest BCUT2D eigenvalue weighted by atomic mass is 10.2. The predicted octanol–water partition coefficient (Wildman–Crippen LogP) is 3.06. The van der Waals surface area contributed by atoms with Crippen LogP contribution in [0, 0.1) is 10.1 Å². The first-order valence-electron chi connectivity index (χ1n) is 6.39. The third-order valence-corrected chi connectivity index (χ3v) is 2.87. The number of hydrazone groups is 1.